The number of halogens is 1. The molecule has 0 atom stereocenters. The SMILES string of the molecule is CCCC1CCC(Nc2cnn(C(C)C)c(=O)c2Cl)CC1. The summed E-state index contributed by atoms with van der Waals surface area (Å²) in [4.78, 5) is 12.1. The first kappa shape index (κ1) is 16.3. The molecule has 1 N–H and O–H groups in total. The van der Waals surface area contributed by atoms with Crippen LogP contribution in [0, 0.1) is 5.92 Å². The van der Waals surface area contributed by atoms with Crippen LogP contribution in [0.25, 0.3) is 0 Å². The third kappa shape index (κ3) is 4.00. The lowest BCUT2D eigenvalue weighted by atomic mass is 9.83. The highest BCUT2D eigenvalue weighted by atomic mass is 35.5. The Morgan fingerprint density at radius 3 is 2.62 bits per heavy atom. The monoisotopic (exact) mass is 311 g/mol. The van der Waals surface area contributed by atoms with E-state index in [4.69, 9.17) is 11.6 Å². The van der Waals surface area contributed by atoms with Crippen molar-refractivity contribution in [2.45, 2.75) is 71.4 Å². The molecule has 1 saturated carbocycles. The molecule has 5 heteroatoms. The number of anilines is 1. The highest BCUT2D eigenvalue weighted by Gasteiger charge is 2.22. The van der Waals surface area contributed by atoms with Crippen LogP contribution in [0.3, 0.4) is 0 Å². The lowest BCUT2D eigenvalue weighted by Gasteiger charge is -2.29. The van der Waals surface area contributed by atoms with Crippen LogP contribution < -0.4 is 10.9 Å². The Kier molecular flexibility index (Phi) is 5.68. The van der Waals surface area contributed by atoms with Gasteiger partial charge in [0.2, 0.25) is 0 Å². The predicted molar refractivity (Wildman–Crippen MR) is 88.2 cm³/mol. The van der Waals surface area contributed by atoms with Gasteiger partial charge in [-0.3, -0.25) is 4.79 Å². The Hall–Kier alpha value is -1.03. The highest BCUT2D eigenvalue weighted by Crippen LogP contribution is 2.30. The molecule has 0 amide bonds. The van der Waals surface area contributed by atoms with Crippen LogP contribution in [-0.4, -0.2) is 15.8 Å². The van der Waals surface area contributed by atoms with Gasteiger partial charge in [0.25, 0.3) is 5.56 Å². The van der Waals surface area contributed by atoms with E-state index >= 15 is 0 Å². The Morgan fingerprint density at radius 2 is 2.05 bits per heavy atom. The second-order valence-electron chi connectivity index (χ2n) is 6.37. The molecular formula is C16H26ClN3O. The van der Waals surface area contributed by atoms with Gasteiger partial charge < -0.3 is 5.32 Å². The lowest BCUT2D eigenvalue weighted by Crippen LogP contribution is -2.29. The van der Waals surface area contributed by atoms with Crippen molar-refractivity contribution in [2.24, 2.45) is 5.92 Å². The zero-order valence-electron chi connectivity index (χ0n) is 13.2. The molecule has 1 aliphatic carbocycles. The summed E-state index contributed by atoms with van der Waals surface area (Å²) in [5, 5.41) is 7.88. The van der Waals surface area contributed by atoms with Crippen LogP contribution >= 0.6 is 11.6 Å². The molecule has 4 nitrogen and oxygen atoms in total. The van der Waals surface area contributed by atoms with Crippen LogP contribution in [0.5, 0.6) is 0 Å². The van der Waals surface area contributed by atoms with E-state index in [2.05, 4.69) is 17.3 Å². The summed E-state index contributed by atoms with van der Waals surface area (Å²) in [6.45, 7) is 6.10. The summed E-state index contributed by atoms with van der Waals surface area (Å²) in [6.07, 6.45) is 9.11. The fraction of sp³-hybridized carbons (Fsp3) is 0.750. The molecule has 0 bridgehead atoms. The molecule has 21 heavy (non-hydrogen) atoms. The van der Waals surface area contributed by atoms with E-state index in [0.717, 1.165) is 18.8 Å². The topological polar surface area (TPSA) is 46.9 Å². The quantitative estimate of drug-likeness (QED) is 0.884. The molecule has 0 radical (unpaired) electrons. The van der Waals surface area contributed by atoms with E-state index in [0.29, 0.717) is 11.7 Å². The van der Waals surface area contributed by atoms with Crippen molar-refractivity contribution in [3.8, 4) is 0 Å². The number of nitrogens with zero attached hydrogens (tertiary/aromatic N) is 2. The Balaban J connectivity index is 2.01. The van der Waals surface area contributed by atoms with E-state index < -0.39 is 0 Å². The van der Waals surface area contributed by atoms with Crippen molar-refractivity contribution in [1.82, 2.24) is 9.78 Å². The van der Waals surface area contributed by atoms with Crippen molar-refractivity contribution in [3.63, 3.8) is 0 Å². The van der Waals surface area contributed by atoms with Gasteiger partial charge in [-0.2, -0.15) is 5.10 Å². The minimum absolute atomic E-state index is 0.0218. The number of hydrogen-bond donors (Lipinski definition) is 1. The van der Waals surface area contributed by atoms with Crippen LogP contribution in [0.1, 0.15) is 65.3 Å². The Labute approximate surface area is 131 Å². The second kappa shape index (κ2) is 7.30. The van der Waals surface area contributed by atoms with Crippen LogP contribution in [-0.2, 0) is 0 Å². The van der Waals surface area contributed by atoms with Gasteiger partial charge in [0.05, 0.1) is 17.9 Å². The predicted octanol–water partition coefficient (Wildman–Crippen LogP) is 4.25. The first-order chi connectivity index (χ1) is 10.0. The summed E-state index contributed by atoms with van der Waals surface area (Å²) >= 11 is 6.20. The van der Waals surface area contributed by atoms with Gasteiger partial charge in [-0.15, -0.1) is 0 Å². The normalized spacial score (nSPS) is 22.5. The first-order valence-corrected chi connectivity index (χ1v) is 8.44. The summed E-state index contributed by atoms with van der Waals surface area (Å²) in [7, 11) is 0. The number of hydrogen-bond acceptors (Lipinski definition) is 3. The van der Waals surface area contributed by atoms with Crippen molar-refractivity contribution in [2.75, 3.05) is 5.32 Å². The number of nitrogens with one attached hydrogen (secondary N) is 1. The molecule has 118 valence electrons. The zero-order chi connectivity index (χ0) is 15.4. The van der Waals surface area contributed by atoms with E-state index in [1.165, 1.54) is 30.4 Å². The molecule has 1 aromatic rings. The molecule has 0 aliphatic heterocycles. The maximum absolute atomic E-state index is 12.1. The molecular weight excluding hydrogens is 286 g/mol. The largest absolute Gasteiger partial charge is 0.380 e. The van der Waals surface area contributed by atoms with Gasteiger partial charge >= 0.3 is 0 Å². The summed E-state index contributed by atoms with van der Waals surface area (Å²) in [5.41, 5.74) is 0.467. The molecule has 1 aliphatic rings. The van der Waals surface area contributed by atoms with Crippen LogP contribution in [0.4, 0.5) is 5.69 Å². The minimum atomic E-state index is -0.212. The average molecular weight is 312 g/mol. The third-order valence-electron chi connectivity index (χ3n) is 4.34. The van der Waals surface area contributed by atoms with Gasteiger partial charge in [-0.25, -0.2) is 4.68 Å². The van der Waals surface area contributed by atoms with E-state index in [1.807, 2.05) is 13.8 Å². The van der Waals surface area contributed by atoms with Crippen LogP contribution in [0.2, 0.25) is 5.02 Å². The third-order valence-corrected chi connectivity index (χ3v) is 4.70. The average Bonchev–Trinajstić information content (AvgIpc) is 2.46. The highest BCUT2D eigenvalue weighted by molar-refractivity contribution is 6.32. The maximum atomic E-state index is 12.1. The summed E-state index contributed by atoms with van der Waals surface area (Å²) < 4.78 is 1.42. The lowest BCUT2D eigenvalue weighted by molar-refractivity contribution is 0.319. The van der Waals surface area contributed by atoms with E-state index in [9.17, 15) is 4.79 Å². The fourth-order valence-electron chi connectivity index (χ4n) is 3.14. The molecule has 0 aromatic carbocycles. The number of rotatable bonds is 5. The molecule has 2 rings (SSSR count). The Morgan fingerprint density at radius 1 is 1.38 bits per heavy atom. The van der Waals surface area contributed by atoms with Gasteiger partial charge in [0.1, 0.15) is 5.02 Å². The maximum Gasteiger partial charge on any atom is 0.287 e. The van der Waals surface area contributed by atoms with Crippen molar-refractivity contribution >= 4 is 17.3 Å². The van der Waals surface area contributed by atoms with Gasteiger partial charge in [0.15, 0.2) is 0 Å². The molecule has 0 saturated heterocycles. The molecule has 0 unspecified atom stereocenters. The van der Waals surface area contributed by atoms with Crippen LogP contribution in [0.15, 0.2) is 11.0 Å². The van der Waals surface area contributed by atoms with Crippen molar-refractivity contribution < 1.29 is 0 Å². The second-order valence-corrected chi connectivity index (χ2v) is 6.74. The van der Waals surface area contributed by atoms with E-state index in [-0.39, 0.29) is 16.6 Å². The van der Waals surface area contributed by atoms with Gasteiger partial charge in [0, 0.05) is 6.04 Å². The summed E-state index contributed by atoms with van der Waals surface area (Å²) in [6, 6.07) is 0.431. The first-order valence-electron chi connectivity index (χ1n) is 8.06. The standard InChI is InChI=1S/C16H26ClN3O/c1-4-5-12-6-8-13(9-7-12)19-14-10-18-20(11(2)3)16(21)15(14)17/h10-13,19H,4-9H2,1-3H3. The molecule has 0 spiro atoms. The van der Waals surface area contributed by atoms with Gasteiger partial charge in [-0.05, 0) is 45.4 Å². The Bertz CT molecular complexity index is 519. The zero-order valence-corrected chi connectivity index (χ0v) is 14.0. The molecule has 1 heterocycles. The molecule has 1 aromatic heterocycles. The minimum Gasteiger partial charge on any atom is -0.380 e. The van der Waals surface area contributed by atoms with Gasteiger partial charge in [-0.1, -0.05) is 31.4 Å². The van der Waals surface area contributed by atoms with Crippen molar-refractivity contribution in [1.29, 1.82) is 0 Å². The number of aromatic nitrogens is 2. The van der Waals surface area contributed by atoms with E-state index in [1.54, 1.807) is 6.20 Å². The van der Waals surface area contributed by atoms with Crippen molar-refractivity contribution in [3.05, 3.63) is 21.6 Å². The molecule has 1 fully saturated rings. The summed E-state index contributed by atoms with van der Waals surface area (Å²) in [5.74, 6) is 0.871. The smallest absolute Gasteiger partial charge is 0.287 e. The fourth-order valence-corrected chi connectivity index (χ4v) is 3.33.